The van der Waals surface area contributed by atoms with Crippen molar-refractivity contribution in [3.05, 3.63) is 24.3 Å². The zero-order chi connectivity index (χ0) is 15.1. The highest BCUT2D eigenvalue weighted by molar-refractivity contribution is 5.89. The summed E-state index contributed by atoms with van der Waals surface area (Å²) >= 11 is 0. The Morgan fingerprint density at radius 2 is 2.10 bits per heavy atom. The molecule has 0 aromatic heterocycles. The van der Waals surface area contributed by atoms with Crippen LogP contribution in [0.15, 0.2) is 24.3 Å². The van der Waals surface area contributed by atoms with Crippen LogP contribution in [0.3, 0.4) is 0 Å². The first kappa shape index (κ1) is 15.8. The topological polar surface area (TPSA) is 70.6 Å². The minimum atomic E-state index is -0.532. The van der Waals surface area contributed by atoms with Gasteiger partial charge in [0.05, 0.1) is 18.8 Å². The lowest BCUT2D eigenvalue weighted by Crippen LogP contribution is -2.27. The van der Waals surface area contributed by atoms with Crippen molar-refractivity contribution in [1.29, 1.82) is 0 Å². The standard InChI is InChI=1S/C16H24N2O3/c1-12(19)18-14-6-4-5-13(9-14)17-10-15(20)11-21-16-7-2-3-8-16/h4-6,9,15-17,20H,2-3,7-8,10-11H2,1H3,(H,18,19). The smallest absolute Gasteiger partial charge is 0.221 e. The van der Waals surface area contributed by atoms with Gasteiger partial charge in [0, 0.05) is 24.8 Å². The number of amides is 1. The number of aliphatic hydroxyl groups excluding tert-OH is 1. The summed E-state index contributed by atoms with van der Waals surface area (Å²) in [7, 11) is 0. The van der Waals surface area contributed by atoms with Crippen LogP contribution in [0.1, 0.15) is 32.6 Å². The molecule has 0 aliphatic heterocycles. The van der Waals surface area contributed by atoms with Crippen molar-refractivity contribution in [3.63, 3.8) is 0 Å². The molecule has 5 nitrogen and oxygen atoms in total. The fourth-order valence-electron chi connectivity index (χ4n) is 2.51. The molecule has 1 aliphatic carbocycles. The number of nitrogens with one attached hydrogen (secondary N) is 2. The SMILES string of the molecule is CC(=O)Nc1cccc(NCC(O)COC2CCCC2)c1. The molecule has 1 aromatic rings. The van der Waals surface area contributed by atoms with Crippen molar-refractivity contribution in [2.45, 2.75) is 44.8 Å². The molecule has 21 heavy (non-hydrogen) atoms. The van der Waals surface area contributed by atoms with E-state index in [4.69, 9.17) is 4.74 Å². The maximum absolute atomic E-state index is 11.0. The van der Waals surface area contributed by atoms with Crippen LogP contribution in [-0.4, -0.2) is 36.4 Å². The summed E-state index contributed by atoms with van der Waals surface area (Å²) in [5.74, 6) is -0.0999. The van der Waals surface area contributed by atoms with Gasteiger partial charge in [-0.1, -0.05) is 18.9 Å². The van der Waals surface area contributed by atoms with Crippen LogP contribution in [0, 0.1) is 0 Å². The van der Waals surface area contributed by atoms with Gasteiger partial charge in [-0.2, -0.15) is 0 Å². The number of carbonyl (C=O) groups excluding carboxylic acids is 1. The molecule has 5 heteroatoms. The molecule has 0 radical (unpaired) electrons. The summed E-state index contributed by atoms with van der Waals surface area (Å²) in [5.41, 5.74) is 1.60. The van der Waals surface area contributed by atoms with E-state index in [1.54, 1.807) is 0 Å². The van der Waals surface area contributed by atoms with E-state index in [-0.39, 0.29) is 5.91 Å². The quantitative estimate of drug-likeness (QED) is 0.721. The molecule has 1 amide bonds. The number of benzene rings is 1. The van der Waals surface area contributed by atoms with E-state index in [1.807, 2.05) is 24.3 Å². The molecule has 1 unspecified atom stereocenters. The molecule has 3 N–H and O–H groups in total. The van der Waals surface area contributed by atoms with E-state index in [1.165, 1.54) is 19.8 Å². The van der Waals surface area contributed by atoms with Gasteiger partial charge in [-0.25, -0.2) is 0 Å². The monoisotopic (exact) mass is 292 g/mol. The van der Waals surface area contributed by atoms with Crippen LogP contribution >= 0.6 is 0 Å². The Hall–Kier alpha value is -1.59. The number of carbonyl (C=O) groups is 1. The Morgan fingerprint density at radius 1 is 1.38 bits per heavy atom. The first-order valence-electron chi connectivity index (χ1n) is 7.54. The first-order valence-corrected chi connectivity index (χ1v) is 7.54. The maximum Gasteiger partial charge on any atom is 0.221 e. The lowest BCUT2D eigenvalue weighted by Gasteiger charge is -2.16. The van der Waals surface area contributed by atoms with Gasteiger partial charge in [0.25, 0.3) is 0 Å². The fourth-order valence-corrected chi connectivity index (χ4v) is 2.51. The van der Waals surface area contributed by atoms with Gasteiger partial charge in [0.15, 0.2) is 0 Å². The lowest BCUT2D eigenvalue weighted by molar-refractivity contribution is -0.114. The summed E-state index contributed by atoms with van der Waals surface area (Å²) in [6.07, 6.45) is 4.47. The minimum absolute atomic E-state index is 0.0999. The third-order valence-electron chi connectivity index (χ3n) is 3.55. The van der Waals surface area contributed by atoms with Gasteiger partial charge >= 0.3 is 0 Å². The van der Waals surface area contributed by atoms with Gasteiger partial charge in [-0.3, -0.25) is 4.79 Å². The molecule has 0 bridgehead atoms. The molecule has 0 spiro atoms. The Labute approximate surface area is 125 Å². The number of hydrogen-bond acceptors (Lipinski definition) is 4. The van der Waals surface area contributed by atoms with Crippen LogP contribution in [0.4, 0.5) is 11.4 Å². The fraction of sp³-hybridized carbons (Fsp3) is 0.562. The normalized spacial score (nSPS) is 16.7. The van der Waals surface area contributed by atoms with E-state index >= 15 is 0 Å². The average molecular weight is 292 g/mol. The molecule has 116 valence electrons. The number of anilines is 2. The predicted octanol–water partition coefficient (Wildman–Crippen LogP) is 2.38. The lowest BCUT2D eigenvalue weighted by atomic mass is 10.2. The van der Waals surface area contributed by atoms with Crippen LogP contribution in [-0.2, 0) is 9.53 Å². The van der Waals surface area contributed by atoms with Crippen LogP contribution in [0.2, 0.25) is 0 Å². The molecule has 1 fully saturated rings. The highest BCUT2D eigenvalue weighted by atomic mass is 16.5. The molecule has 0 saturated heterocycles. The van der Waals surface area contributed by atoms with Crippen LogP contribution in [0.5, 0.6) is 0 Å². The second-order valence-electron chi connectivity index (χ2n) is 5.54. The van der Waals surface area contributed by atoms with Crippen molar-refractivity contribution in [2.75, 3.05) is 23.8 Å². The second kappa shape index (κ2) is 8.00. The van der Waals surface area contributed by atoms with Crippen molar-refractivity contribution < 1.29 is 14.6 Å². The zero-order valence-corrected chi connectivity index (χ0v) is 12.5. The summed E-state index contributed by atoms with van der Waals surface area (Å²) < 4.78 is 5.68. The van der Waals surface area contributed by atoms with E-state index in [0.29, 0.717) is 19.3 Å². The highest BCUT2D eigenvalue weighted by Gasteiger charge is 2.16. The Morgan fingerprint density at radius 3 is 2.81 bits per heavy atom. The van der Waals surface area contributed by atoms with Crippen LogP contribution < -0.4 is 10.6 Å². The van der Waals surface area contributed by atoms with Gasteiger partial charge in [0.2, 0.25) is 5.91 Å². The highest BCUT2D eigenvalue weighted by Crippen LogP contribution is 2.21. The third-order valence-corrected chi connectivity index (χ3v) is 3.55. The Kier molecular flexibility index (Phi) is 6.02. The van der Waals surface area contributed by atoms with Crippen molar-refractivity contribution in [1.82, 2.24) is 0 Å². The van der Waals surface area contributed by atoms with Crippen molar-refractivity contribution in [3.8, 4) is 0 Å². The molecule has 1 aromatic carbocycles. The molecule has 2 rings (SSSR count). The summed E-state index contributed by atoms with van der Waals surface area (Å²) in [4.78, 5) is 11.0. The maximum atomic E-state index is 11.0. The van der Waals surface area contributed by atoms with Crippen molar-refractivity contribution in [2.24, 2.45) is 0 Å². The average Bonchev–Trinajstić information content (AvgIpc) is 2.96. The number of hydrogen-bond donors (Lipinski definition) is 3. The molecule has 1 atom stereocenters. The zero-order valence-electron chi connectivity index (χ0n) is 12.5. The number of ether oxygens (including phenoxy) is 1. The number of aliphatic hydroxyl groups is 1. The molecular weight excluding hydrogens is 268 g/mol. The van der Waals surface area contributed by atoms with Gasteiger partial charge in [-0.05, 0) is 31.0 Å². The van der Waals surface area contributed by atoms with Crippen molar-refractivity contribution >= 4 is 17.3 Å². The van der Waals surface area contributed by atoms with E-state index in [2.05, 4.69) is 10.6 Å². The van der Waals surface area contributed by atoms with E-state index in [0.717, 1.165) is 24.2 Å². The van der Waals surface area contributed by atoms with E-state index < -0.39 is 6.10 Å². The Bertz CT molecular complexity index is 459. The molecule has 0 heterocycles. The Balaban J connectivity index is 1.72. The molecule has 1 aliphatic rings. The van der Waals surface area contributed by atoms with Gasteiger partial charge in [-0.15, -0.1) is 0 Å². The number of rotatable bonds is 7. The first-order chi connectivity index (χ1) is 10.1. The van der Waals surface area contributed by atoms with Gasteiger partial charge in [0.1, 0.15) is 0 Å². The predicted molar refractivity (Wildman–Crippen MR) is 83.5 cm³/mol. The summed E-state index contributed by atoms with van der Waals surface area (Å²) in [6, 6.07) is 7.42. The second-order valence-corrected chi connectivity index (χ2v) is 5.54. The minimum Gasteiger partial charge on any atom is -0.389 e. The third kappa shape index (κ3) is 5.73. The summed E-state index contributed by atoms with van der Waals surface area (Å²) in [6.45, 7) is 2.27. The molecular formula is C16H24N2O3. The summed E-state index contributed by atoms with van der Waals surface area (Å²) in [5, 5.41) is 15.8. The van der Waals surface area contributed by atoms with E-state index in [9.17, 15) is 9.90 Å². The van der Waals surface area contributed by atoms with Crippen LogP contribution in [0.25, 0.3) is 0 Å². The van der Waals surface area contributed by atoms with Gasteiger partial charge < -0.3 is 20.5 Å². The largest absolute Gasteiger partial charge is 0.389 e. The molecule has 1 saturated carbocycles.